The van der Waals surface area contributed by atoms with Gasteiger partial charge in [-0.05, 0) is 17.7 Å². The molecular formula is C16H23Cl2N5OS. The molecule has 3 rings (SSSR count). The molecule has 0 bridgehead atoms. The molecule has 9 heteroatoms. The summed E-state index contributed by atoms with van der Waals surface area (Å²) in [5.41, 5.74) is 7.40. The molecule has 0 spiro atoms. The number of nitrogen functional groups attached to an aromatic ring is 1. The van der Waals surface area contributed by atoms with Gasteiger partial charge in [0, 0.05) is 49.8 Å². The van der Waals surface area contributed by atoms with E-state index in [0.29, 0.717) is 6.42 Å². The maximum atomic E-state index is 12.4. The number of nitrogens with two attached hydrogens (primary N) is 1. The Labute approximate surface area is 164 Å². The van der Waals surface area contributed by atoms with Crippen molar-refractivity contribution in [2.24, 2.45) is 0 Å². The number of carbonyl (C=O) groups excluding carboxylic acids is 1. The fourth-order valence-electron chi connectivity index (χ4n) is 2.59. The molecule has 0 aliphatic carbocycles. The average molecular weight is 404 g/mol. The number of amides is 1. The van der Waals surface area contributed by atoms with Gasteiger partial charge in [-0.3, -0.25) is 4.79 Å². The minimum atomic E-state index is 0. The van der Waals surface area contributed by atoms with E-state index in [0.717, 1.165) is 54.8 Å². The summed E-state index contributed by atoms with van der Waals surface area (Å²) in [5, 5.41) is 0.965. The van der Waals surface area contributed by atoms with E-state index in [4.69, 9.17) is 5.73 Å². The van der Waals surface area contributed by atoms with E-state index >= 15 is 0 Å². The lowest BCUT2D eigenvalue weighted by molar-refractivity contribution is -0.130. The molecule has 2 heterocycles. The van der Waals surface area contributed by atoms with Crippen LogP contribution in [0, 0.1) is 0 Å². The third-order valence-corrected chi connectivity index (χ3v) is 4.83. The maximum absolute atomic E-state index is 12.4. The molecule has 1 amide bonds. The fraction of sp³-hybridized carbons (Fsp3) is 0.438. The Kier molecular flexibility index (Phi) is 8.41. The molecule has 2 N–H and O–H groups in total. The number of nitrogens with zero attached hydrogens (tertiary/aromatic N) is 4. The number of hydrogen-bond donors (Lipinski definition) is 1. The standard InChI is InChI=1S/C16H21N5OS.2ClH/c1-2-14-18-16(23-19-14)21-9-7-20(8-10-21)15(22)11-12-3-5-13(17)6-4-12;;/h3-6H,2,7-11,17H2,1H3;2*1H. The number of rotatable bonds is 4. The number of piperazine rings is 1. The van der Waals surface area contributed by atoms with Crippen molar-refractivity contribution in [3.63, 3.8) is 0 Å². The summed E-state index contributed by atoms with van der Waals surface area (Å²) in [5.74, 6) is 1.06. The number of carbonyl (C=O) groups is 1. The number of benzene rings is 1. The van der Waals surface area contributed by atoms with Crippen LogP contribution >= 0.6 is 36.3 Å². The lowest BCUT2D eigenvalue weighted by Gasteiger charge is -2.34. The first-order valence-corrected chi connectivity index (χ1v) is 8.62. The molecule has 1 fully saturated rings. The number of aromatic nitrogens is 2. The van der Waals surface area contributed by atoms with Crippen LogP contribution in [-0.4, -0.2) is 46.3 Å². The predicted molar refractivity (Wildman–Crippen MR) is 107 cm³/mol. The van der Waals surface area contributed by atoms with Gasteiger partial charge in [-0.25, -0.2) is 4.98 Å². The molecule has 1 aromatic heterocycles. The van der Waals surface area contributed by atoms with Crippen LogP contribution in [0.5, 0.6) is 0 Å². The molecule has 1 saturated heterocycles. The average Bonchev–Trinajstić information content (AvgIpc) is 3.06. The molecule has 0 atom stereocenters. The number of aryl methyl sites for hydroxylation is 1. The van der Waals surface area contributed by atoms with Crippen molar-refractivity contribution in [3.05, 3.63) is 35.7 Å². The van der Waals surface area contributed by atoms with Crippen molar-refractivity contribution in [2.75, 3.05) is 36.8 Å². The molecule has 1 aliphatic rings. The van der Waals surface area contributed by atoms with E-state index in [2.05, 4.69) is 21.2 Å². The topological polar surface area (TPSA) is 75.4 Å². The van der Waals surface area contributed by atoms with Crippen LogP contribution in [0.25, 0.3) is 0 Å². The van der Waals surface area contributed by atoms with Gasteiger partial charge in [-0.1, -0.05) is 19.1 Å². The summed E-state index contributed by atoms with van der Waals surface area (Å²) in [6, 6.07) is 7.50. The van der Waals surface area contributed by atoms with Gasteiger partial charge in [0.05, 0.1) is 6.42 Å². The van der Waals surface area contributed by atoms with Crippen LogP contribution in [0.2, 0.25) is 0 Å². The first-order valence-electron chi connectivity index (χ1n) is 7.85. The third-order valence-electron chi connectivity index (χ3n) is 4.01. The van der Waals surface area contributed by atoms with E-state index < -0.39 is 0 Å². The first kappa shape index (κ1) is 21.5. The molecule has 2 aromatic rings. The minimum absolute atomic E-state index is 0. The Morgan fingerprint density at radius 1 is 1.16 bits per heavy atom. The van der Waals surface area contributed by atoms with Crippen LogP contribution in [0.1, 0.15) is 18.3 Å². The second-order valence-corrected chi connectivity index (χ2v) is 6.36. The molecule has 1 aromatic carbocycles. The van der Waals surface area contributed by atoms with E-state index in [1.807, 2.05) is 29.2 Å². The lowest BCUT2D eigenvalue weighted by Crippen LogP contribution is -2.49. The van der Waals surface area contributed by atoms with Crippen LogP contribution < -0.4 is 10.6 Å². The summed E-state index contributed by atoms with van der Waals surface area (Å²) in [7, 11) is 0. The Morgan fingerprint density at radius 2 is 1.80 bits per heavy atom. The van der Waals surface area contributed by atoms with Gasteiger partial charge in [0.1, 0.15) is 5.82 Å². The van der Waals surface area contributed by atoms with Crippen LogP contribution in [0.15, 0.2) is 24.3 Å². The maximum Gasteiger partial charge on any atom is 0.227 e. The smallest absolute Gasteiger partial charge is 0.227 e. The zero-order valence-electron chi connectivity index (χ0n) is 14.1. The fourth-order valence-corrected chi connectivity index (χ4v) is 3.39. The highest BCUT2D eigenvalue weighted by atomic mass is 35.5. The third kappa shape index (κ3) is 5.45. The lowest BCUT2D eigenvalue weighted by atomic mass is 10.1. The molecule has 6 nitrogen and oxygen atoms in total. The van der Waals surface area contributed by atoms with Crippen molar-refractivity contribution < 1.29 is 4.79 Å². The van der Waals surface area contributed by atoms with Crippen molar-refractivity contribution in [1.82, 2.24) is 14.3 Å². The highest BCUT2D eigenvalue weighted by molar-refractivity contribution is 7.09. The Balaban J connectivity index is 0.00000156. The number of anilines is 2. The van der Waals surface area contributed by atoms with Gasteiger partial charge in [-0.2, -0.15) is 4.37 Å². The number of halogens is 2. The summed E-state index contributed by atoms with van der Waals surface area (Å²) in [6.07, 6.45) is 1.29. The molecule has 138 valence electrons. The van der Waals surface area contributed by atoms with Crippen LogP contribution in [-0.2, 0) is 17.6 Å². The Bertz CT molecular complexity index is 671. The Morgan fingerprint density at radius 3 is 2.36 bits per heavy atom. The summed E-state index contributed by atoms with van der Waals surface area (Å²) in [6.45, 7) is 5.14. The molecule has 0 unspecified atom stereocenters. The zero-order chi connectivity index (χ0) is 16.2. The monoisotopic (exact) mass is 403 g/mol. The predicted octanol–water partition coefficient (Wildman–Crippen LogP) is 2.42. The van der Waals surface area contributed by atoms with Crippen molar-refractivity contribution in [1.29, 1.82) is 0 Å². The van der Waals surface area contributed by atoms with Crippen molar-refractivity contribution in [2.45, 2.75) is 19.8 Å². The molecule has 1 aliphatic heterocycles. The molecule has 25 heavy (non-hydrogen) atoms. The largest absolute Gasteiger partial charge is 0.399 e. The summed E-state index contributed by atoms with van der Waals surface area (Å²) < 4.78 is 4.33. The van der Waals surface area contributed by atoms with Gasteiger partial charge < -0.3 is 15.5 Å². The highest BCUT2D eigenvalue weighted by Crippen LogP contribution is 2.19. The number of hydrogen-bond acceptors (Lipinski definition) is 6. The van der Waals surface area contributed by atoms with E-state index in [1.165, 1.54) is 11.5 Å². The molecule has 0 radical (unpaired) electrons. The second-order valence-electron chi connectivity index (χ2n) is 5.63. The summed E-state index contributed by atoms with van der Waals surface area (Å²) >= 11 is 1.44. The molecular weight excluding hydrogens is 381 g/mol. The second kappa shape index (κ2) is 9.79. The van der Waals surface area contributed by atoms with Crippen LogP contribution in [0.4, 0.5) is 10.8 Å². The van der Waals surface area contributed by atoms with Gasteiger partial charge in [-0.15, -0.1) is 24.8 Å². The van der Waals surface area contributed by atoms with Crippen LogP contribution in [0.3, 0.4) is 0 Å². The highest BCUT2D eigenvalue weighted by Gasteiger charge is 2.23. The first-order chi connectivity index (χ1) is 11.2. The zero-order valence-corrected chi connectivity index (χ0v) is 16.5. The van der Waals surface area contributed by atoms with Gasteiger partial charge in [0.25, 0.3) is 0 Å². The molecule has 0 saturated carbocycles. The Hall–Kier alpha value is -1.57. The quantitative estimate of drug-likeness (QED) is 0.793. The van der Waals surface area contributed by atoms with Crippen molar-refractivity contribution >= 4 is 53.1 Å². The van der Waals surface area contributed by atoms with Crippen molar-refractivity contribution in [3.8, 4) is 0 Å². The van der Waals surface area contributed by atoms with E-state index in [-0.39, 0.29) is 30.7 Å². The normalized spacial score (nSPS) is 13.8. The summed E-state index contributed by atoms with van der Waals surface area (Å²) in [4.78, 5) is 21.1. The van der Waals surface area contributed by atoms with E-state index in [1.54, 1.807) is 0 Å². The van der Waals surface area contributed by atoms with Gasteiger partial charge in [0.15, 0.2) is 0 Å². The minimum Gasteiger partial charge on any atom is -0.399 e. The van der Waals surface area contributed by atoms with Gasteiger partial charge >= 0.3 is 0 Å². The van der Waals surface area contributed by atoms with Gasteiger partial charge in [0.2, 0.25) is 11.0 Å². The van der Waals surface area contributed by atoms with E-state index in [9.17, 15) is 4.79 Å². The SMILES string of the molecule is CCc1nsc(N2CCN(C(=O)Cc3ccc(N)cc3)CC2)n1.Cl.Cl.